The predicted octanol–water partition coefficient (Wildman–Crippen LogP) is 1.30. The van der Waals surface area contributed by atoms with Gasteiger partial charge < -0.3 is 4.90 Å². The minimum absolute atomic E-state index is 0.149. The van der Waals surface area contributed by atoms with Crippen LogP contribution < -0.4 is 0 Å². The Hall–Kier alpha value is -0.900. The van der Waals surface area contributed by atoms with Gasteiger partial charge in [-0.2, -0.15) is 0 Å². The maximum absolute atomic E-state index is 12.0. The lowest BCUT2D eigenvalue weighted by atomic mass is 10.1. The average molecular weight is 240 g/mol. The molecule has 1 aliphatic rings. The Morgan fingerprint density at radius 3 is 2.59 bits per heavy atom. The highest BCUT2D eigenvalue weighted by molar-refractivity contribution is 5.79. The molecule has 0 saturated carbocycles. The fourth-order valence-electron chi connectivity index (χ4n) is 2.24. The Kier molecular flexibility index (Phi) is 5.12. The van der Waals surface area contributed by atoms with Crippen LogP contribution in [0.2, 0.25) is 0 Å². The number of Topliss-reactive ketones (excluding diaryl/α,β-unsaturated/α-hetero) is 1. The molecule has 1 heterocycles. The van der Waals surface area contributed by atoms with Crippen molar-refractivity contribution in [3.8, 4) is 0 Å². The van der Waals surface area contributed by atoms with E-state index >= 15 is 0 Å². The second-order valence-electron chi connectivity index (χ2n) is 5.27. The molecule has 0 aromatic carbocycles. The van der Waals surface area contributed by atoms with E-state index in [-0.39, 0.29) is 23.8 Å². The van der Waals surface area contributed by atoms with E-state index in [0.29, 0.717) is 13.0 Å². The van der Waals surface area contributed by atoms with Crippen LogP contribution in [0.5, 0.6) is 0 Å². The van der Waals surface area contributed by atoms with Crippen molar-refractivity contribution in [2.24, 2.45) is 0 Å². The highest BCUT2D eigenvalue weighted by Crippen LogP contribution is 2.20. The number of carbonyl (C=O) groups excluding carboxylic acids is 2. The molecule has 1 aliphatic heterocycles. The molecule has 1 atom stereocenters. The van der Waals surface area contributed by atoms with Crippen molar-refractivity contribution in [1.29, 1.82) is 0 Å². The number of rotatable bonds is 5. The third kappa shape index (κ3) is 4.11. The lowest BCUT2D eigenvalue weighted by Gasteiger charge is -2.27. The van der Waals surface area contributed by atoms with Crippen molar-refractivity contribution in [2.75, 3.05) is 20.1 Å². The van der Waals surface area contributed by atoms with E-state index < -0.39 is 0 Å². The van der Waals surface area contributed by atoms with Gasteiger partial charge in [-0.1, -0.05) is 0 Å². The third-order valence-corrected chi connectivity index (χ3v) is 3.53. The van der Waals surface area contributed by atoms with E-state index in [1.807, 2.05) is 20.9 Å². The predicted molar refractivity (Wildman–Crippen MR) is 67.8 cm³/mol. The SMILES string of the molecule is CC(=O)CC1CCCN1CC(=O)N(C)C(C)C. The summed E-state index contributed by atoms with van der Waals surface area (Å²) in [4.78, 5) is 27.0. The fourth-order valence-corrected chi connectivity index (χ4v) is 2.24. The maximum Gasteiger partial charge on any atom is 0.236 e. The number of hydrogen-bond acceptors (Lipinski definition) is 3. The Labute approximate surface area is 104 Å². The first kappa shape index (κ1) is 14.2. The summed E-state index contributed by atoms with van der Waals surface area (Å²) in [5.41, 5.74) is 0. The van der Waals surface area contributed by atoms with E-state index in [0.717, 1.165) is 19.4 Å². The Bertz CT molecular complexity index is 289. The van der Waals surface area contributed by atoms with Crippen molar-refractivity contribution in [2.45, 2.75) is 52.1 Å². The highest BCUT2D eigenvalue weighted by atomic mass is 16.2. The van der Waals surface area contributed by atoms with Crippen LogP contribution in [0.25, 0.3) is 0 Å². The molecule has 1 saturated heterocycles. The second kappa shape index (κ2) is 6.15. The molecule has 1 fully saturated rings. The van der Waals surface area contributed by atoms with Crippen molar-refractivity contribution in [3.05, 3.63) is 0 Å². The normalized spacial score (nSPS) is 20.9. The zero-order chi connectivity index (χ0) is 13.0. The zero-order valence-electron chi connectivity index (χ0n) is 11.4. The minimum atomic E-state index is 0.149. The quantitative estimate of drug-likeness (QED) is 0.727. The number of amides is 1. The van der Waals surface area contributed by atoms with Gasteiger partial charge in [0.25, 0.3) is 0 Å². The Morgan fingerprint density at radius 2 is 2.06 bits per heavy atom. The van der Waals surface area contributed by atoms with Crippen LogP contribution in [-0.2, 0) is 9.59 Å². The van der Waals surface area contributed by atoms with Gasteiger partial charge in [-0.15, -0.1) is 0 Å². The summed E-state index contributed by atoms with van der Waals surface area (Å²) >= 11 is 0. The van der Waals surface area contributed by atoms with E-state index in [9.17, 15) is 9.59 Å². The first-order valence-corrected chi connectivity index (χ1v) is 6.41. The monoisotopic (exact) mass is 240 g/mol. The summed E-state index contributed by atoms with van der Waals surface area (Å²) in [5, 5.41) is 0. The zero-order valence-corrected chi connectivity index (χ0v) is 11.4. The van der Waals surface area contributed by atoms with Crippen molar-refractivity contribution >= 4 is 11.7 Å². The van der Waals surface area contributed by atoms with E-state index in [1.54, 1.807) is 11.8 Å². The van der Waals surface area contributed by atoms with Gasteiger partial charge in [-0.05, 0) is 40.2 Å². The number of likely N-dealkylation sites (N-methyl/N-ethyl adjacent to an activating group) is 1. The van der Waals surface area contributed by atoms with Crippen LogP contribution >= 0.6 is 0 Å². The molecular formula is C13H24N2O2. The molecule has 0 aromatic rings. The van der Waals surface area contributed by atoms with Crippen LogP contribution in [0.15, 0.2) is 0 Å². The first-order valence-electron chi connectivity index (χ1n) is 6.41. The molecule has 0 radical (unpaired) electrons. The summed E-state index contributed by atoms with van der Waals surface area (Å²) in [6.07, 6.45) is 2.72. The lowest BCUT2D eigenvalue weighted by molar-refractivity contribution is -0.133. The van der Waals surface area contributed by atoms with Crippen LogP contribution in [-0.4, -0.2) is 53.7 Å². The number of likely N-dealkylation sites (tertiary alicyclic amines) is 1. The molecule has 0 aromatic heterocycles. The molecule has 0 aliphatic carbocycles. The molecule has 1 rings (SSSR count). The summed E-state index contributed by atoms with van der Waals surface area (Å²) in [6.45, 7) is 7.03. The minimum Gasteiger partial charge on any atom is -0.342 e. The van der Waals surface area contributed by atoms with E-state index in [4.69, 9.17) is 0 Å². The summed E-state index contributed by atoms with van der Waals surface area (Å²) in [6, 6.07) is 0.508. The third-order valence-electron chi connectivity index (χ3n) is 3.53. The van der Waals surface area contributed by atoms with Crippen LogP contribution in [0, 0.1) is 0 Å². The number of ketones is 1. The molecule has 4 nitrogen and oxygen atoms in total. The Balaban J connectivity index is 2.49. The number of nitrogens with zero attached hydrogens (tertiary/aromatic N) is 2. The van der Waals surface area contributed by atoms with Crippen molar-refractivity contribution in [1.82, 2.24) is 9.80 Å². The van der Waals surface area contributed by atoms with Gasteiger partial charge in [0.05, 0.1) is 6.54 Å². The van der Waals surface area contributed by atoms with Crippen LogP contribution in [0.4, 0.5) is 0 Å². The molecule has 0 N–H and O–H groups in total. The lowest BCUT2D eigenvalue weighted by Crippen LogP contribution is -2.43. The standard InChI is InChI=1S/C13H24N2O2/c1-10(2)14(4)13(17)9-15-7-5-6-12(15)8-11(3)16/h10,12H,5-9H2,1-4H3. The average Bonchev–Trinajstić information content (AvgIpc) is 2.63. The molecule has 1 unspecified atom stereocenters. The van der Waals surface area contributed by atoms with Gasteiger partial charge in [0.15, 0.2) is 0 Å². The molecule has 98 valence electrons. The van der Waals surface area contributed by atoms with Crippen LogP contribution in [0.3, 0.4) is 0 Å². The van der Waals surface area contributed by atoms with Gasteiger partial charge in [0, 0.05) is 25.6 Å². The molecule has 0 bridgehead atoms. The summed E-state index contributed by atoms with van der Waals surface area (Å²) < 4.78 is 0. The van der Waals surface area contributed by atoms with Crippen molar-refractivity contribution < 1.29 is 9.59 Å². The number of carbonyl (C=O) groups is 2. The smallest absolute Gasteiger partial charge is 0.236 e. The van der Waals surface area contributed by atoms with Gasteiger partial charge in [0.1, 0.15) is 5.78 Å². The fraction of sp³-hybridized carbons (Fsp3) is 0.846. The van der Waals surface area contributed by atoms with E-state index in [2.05, 4.69) is 4.90 Å². The molecule has 0 spiro atoms. The van der Waals surface area contributed by atoms with Gasteiger partial charge in [-0.3, -0.25) is 14.5 Å². The van der Waals surface area contributed by atoms with Crippen molar-refractivity contribution in [3.63, 3.8) is 0 Å². The largest absolute Gasteiger partial charge is 0.342 e. The summed E-state index contributed by atoms with van der Waals surface area (Å²) in [7, 11) is 1.84. The number of hydrogen-bond donors (Lipinski definition) is 0. The van der Waals surface area contributed by atoms with Gasteiger partial charge in [0.2, 0.25) is 5.91 Å². The van der Waals surface area contributed by atoms with Gasteiger partial charge in [-0.25, -0.2) is 0 Å². The van der Waals surface area contributed by atoms with Gasteiger partial charge >= 0.3 is 0 Å². The molecule has 1 amide bonds. The van der Waals surface area contributed by atoms with Crippen LogP contribution in [0.1, 0.15) is 40.0 Å². The van der Waals surface area contributed by atoms with E-state index in [1.165, 1.54) is 0 Å². The molecule has 17 heavy (non-hydrogen) atoms. The maximum atomic E-state index is 12.0. The Morgan fingerprint density at radius 1 is 1.41 bits per heavy atom. The second-order valence-corrected chi connectivity index (χ2v) is 5.27. The summed E-state index contributed by atoms with van der Waals surface area (Å²) in [5.74, 6) is 0.363. The molecule has 4 heteroatoms. The molecular weight excluding hydrogens is 216 g/mol. The first-order chi connectivity index (χ1) is 7.91. The highest BCUT2D eigenvalue weighted by Gasteiger charge is 2.28. The topological polar surface area (TPSA) is 40.6 Å².